The predicted molar refractivity (Wildman–Crippen MR) is 82.8 cm³/mol. The monoisotopic (exact) mass is 389 g/mol. The lowest BCUT2D eigenvalue weighted by Gasteiger charge is -2.29. The number of hydrogen-bond donors (Lipinski definition) is 1. The lowest BCUT2D eigenvalue weighted by Crippen LogP contribution is -2.42. The molecular weight excluding hydrogens is 373 g/mol. The van der Waals surface area contributed by atoms with Crippen LogP contribution in [-0.2, 0) is 11.4 Å². The first kappa shape index (κ1) is 19.8. The van der Waals surface area contributed by atoms with Crippen molar-refractivity contribution in [3.63, 3.8) is 0 Å². The van der Waals surface area contributed by atoms with Crippen molar-refractivity contribution in [3.05, 3.63) is 34.4 Å². The molecule has 0 spiro atoms. The van der Waals surface area contributed by atoms with Crippen LogP contribution in [-0.4, -0.2) is 15.5 Å². The van der Waals surface area contributed by atoms with Gasteiger partial charge in [0.15, 0.2) is 0 Å². The zero-order chi connectivity index (χ0) is 18.4. The minimum atomic E-state index is -4.42. The quantitative estimate of drug-likeness (QED) is 0.451. The third-order valence-electron chi connectivity index (χ3n) is 3.88. The van der Waals surface area contributed by atoms with E-state index in [4.69, 9.17) is 11.6 Å². The zero-order valence-corrected chi connectivity index (χ0v) is 14.8. The Labute approximate surface area is 145 Å². The van der Waals surface area contributed by atoms with Gasteiger partial charge < -0.3 is 4.55 Å². The van der Waals surface area contributed by atoms with E-state index in [0.29, 0.717) is 0 Å². The lowest BCUT2D eigenvalue weighted by molar-refractivity contribution is -0.151. The molecule has 0 amide bonds. The second-order valence-corrected chi connectivity index (χ2v) is 9.16. The van der Waals surface area contributed by atoms with Crippen molar-refractivity contribution in [2.24, 2.45) is 11.8 Å². The third kappa shape index (κ3) is 4.15. The van der Waals surface area contributed by atoms with Gasteiger partial charge in [-0.05, 0) is 39.2 Å². The maximum absolute atomic E-state index is 14.3. The summed E-state index contributed by atoms with van der Waals surface area (Å²) in [6.45, 7) is 4.90. The average Bonchev–Trinajstić information content (AvgIpc) is 3.22. The van der Waals surface area contributed by atoms with Gasteiger partial charge in [0.25, 0.3) is 0 Å². The van der Waals surface area contributed by atoms with Crippen LogP contribution in [0.4, 0.5) is 22.0 Å². The molecule has 1 aliphatic rings. The van der Waals surface area contributed by atoms with Crippen LogP contribution in [0, 0.1) is 23.5 Å². The minimum Gasteiger partial charge on any atom is -0.598 e. The molecule has 1 saturated carbocycles. The largest absolute Gasteiger partial charge is 0.598 e. The number of hydrogen-bond acceptors (Lipinski definition) is 2. The molecule has 0 aromatic heterocycles. The average molecular weight is 390 g/mol. The Morgan fingerprint density at radius 1 is 1.25 bits per heavy atom. The summed E-state index contributed by atoms with van der Waals surface area (Å²) in [7, 11) is 0. The van der Waals surface area contributed by atoms with E-state index in [-0.39, 0.29) is 12.0 Å². The van der Waals surface area contributed by atoms with Gasteiger partial charge in [0.2, 0.25) is 0 Å². The summed E-state index contributed by atoms with van der Waals surface area (Å²) in [5.74, 6) is -4.73. The minimum absolute atomic E-state index is 0.211. The molecule has 1 fully saturated rings. The maximum Gasteiger partial charge on any atom is 0.392 e. The van der Waals surface area contributed by atoms with Crippen molar-refractivity contribution in [1.29, 1.82) is 0 Å². The van der Waals surface area contributed by atoms with Crippen LogP contribution in [0.15, 0.2) is 12.1 Å². The third-order valence-corrected chi connectivity index (χ3v) is 5.81. The molecule has 136 valence electrons. The fourth-order valence-electron chi connectivity index (χ4n) is 2.41. The van der Waals surface area contributed by atoms with E-state index >= 15 is 0 Å². The normalized spacial score (nSPS) is 23.9. The summed E-state index contributed by atoms with van der Waals surface area (Å²) < 4.78 is 80.4. The van der Waals surface area contributed by atoms with E-state index in [2.05, 4.69) is 4.72 Å². The van der Waals surface area contributed by atoms with E-state index in [1.807, 2.05) is 0 Å². The molecule has 0 heterocycles. The first-order valence-corrected chi connectivity index (χ1v) is 8.75. The van der Waals surface area contributed by atoms with E-state index in [0.717, 1.165) is 12.1 Å². The van der Waals surface area contributed by atoms with E-state index < -0.39 is 56.8 Å². The second kappa shape index (κ2) is 6.63. The fourth-order valence-corrected chi connectivity index (χ4v) is 3.47. The molecule has 0 bridgehead atoms. The topological polar surface area (TPSA) is 35.1 Å². The van der Waals surface area contributed by atoms with Gasteiger partial charge in [-0.15, -0.1) is 4.72 Å². The molecule has 1 aliphatic carbocycles. The molecule has 0 radical (unpaired) electrons. The summed E-state index contributed by atoms with van der Waals surface area (Å²) >= 11 is 3.80. The van der Waals surface area contributed by atoms with Crippen LogP contribution in [0.2, 0.25) is 5.02 Å². The van der Waals surface area contributed by atoms with Crippen LogP contribution in [0.1, 0.15) is 38.8 Å². The molecule has 0 saturated heterocycles. The van der Waals surface area contributed by atoms with Gasteiger partial charge in [0, 0.05) is 16.9 Å². The second-order valence-electron chi connectivity index (χ2n) is 6.79. The molecule has 0 unspecified atom stereocenters. The van der Waals surface area contributed by atoms with Crippen LogP contribution in [0.25, 0.3) is 0 Å². The van der Waals surface area contributed by atoms with E-state index in [1.54, 1.807) is 20.8 Å². The Balaban J connectivity index is 2.36. The first-order chi connectivity index (χ1) is 10.8. The van der Waals surface area contributed by atoms with Crippen LogP contribution in [0.3, 0.4) is 0 Å². The highest BCUT2D eigenvalue weighted by molar-refractivity contribution is 7.90. The smallest absolute Gasteiger partial charge is 0.392 e. The Kier molecular flexibility index (Phi) is 5.45. The van der Waals surface area contributed by atoms with Crippen LogP contribution < -0.4 is 4.72 Å². The number of alkyl halides is 3. The zero-order valence-electron chi connectivity index (χ0n) is 13.2. The molecule has 4 atom stereocenters. The first-order valence-electron chi connectivity index (χ1n) is 7.22. The molecule has 24 heavy (non-hydrogen) atoms. The van der Waals surface area contributed by atoms with Gasteiger partial charge in [0.1, 0.15) is 21.4 Å². The molecule has 0 aliphatic heterocycles. The Bertz CT molecular complexity index is 619. The number of rotatable bonds is 4. The van der Waals surface area contributed by atoms with Crippen LogP contribution >= 0.6 is 11.6 Å². The Morgan fingerprint density at radius 3 is 2.29 bits per heavy atom. The predicted octanol–water partition coefficient (Wildman–Crippen LogP) is 4.91. The molecule has 1 N–H and O–H groups in total. The van der Waals surface area contributed by atoms with Gasteiger partial charge in [-0.1, -0.05) is 17.7 Å². The van der Waals surface area contributed by atoms with E-state index in [9.17, 15) is 26.5 Å². The van der Waals surface area contributed by atoms with Crippen molar-refractivity contribution in [3.8, 4) is 0 Å². The summed E-state index contributed by atoms with van der Waals surface area (Å²) in [5, 5.41) is -0.787. The van der Waals surface area contributed by atoms with Crippen molar-refractivity contribution in [2.75, 3.05) is 0 Å². The van der Waals surface area contributed by atoms with Crippen LogP contribution in [0.5, 0.6) is 0 Å². The SMILES string of the molecule is CC(C)(C)[S@@+]([O-])N[C@H](c1ccc(F)c(Cl)c1F)[C@@H]1C[C@H]1C(F)(F)F. The Hall–Kier alpha value is -0.570. The molecule has 1 aromatic rings. The van der Waals surface area contributed by atoms with Crippen molar-refractivity contribution in [2.45, 2.75) is 44.2 Å². The lowest BCUT2D eigenvalue weighted by atomic mass is 10.0. The van der Waals surface area contributed by atoms with E-state index in [1.165, 1.54) is 0 Å². The summed E-state index contributed by atoms with van der Waals surface area (Å²) in [5.41, 5.74) is -0.212. The van der Waals surface area contributed by atoms with Gasteiger partial charge in [-0.3, -0.25) is 0 Å². The highest BCUT2D eigenvalue weighted by Crippen LogP contribution is 2.56. The molecule has 2 nitrogen and oxygen atoms in total. The van der Waals surface area contributed by atoms with Gasteiger partial charge >= 0.3 is 6.18 Å². The van der Waals surface area contributed by atoms with Crippen molar-refractivity contribution in [1.82, 2.24) is 4.72 Å². The number of halogens is 6. The highest BCUT2D eigenvalue weighted by atomic mass is 35.5. The van der Waals surface area contributed by atoms with Crippen molar-refractivity contribution < 1.29 is 26.5 Å². The molecule has 9 heteroatoms. The van der Waals surface area contributed by atoms with Crippen molar-refractivity contribution >= 4 is 23.0 Å². The summed E-state index contributed by atoms with van der Waals surface area (Å²) in [6, 6.07) is 0.759. The fraction of sp³-hybridized carbons (Fsp3) is 0.600. The molecular formula is C15H17ClF5NOS. The van der Waals surface area contributed by atoms with Gasteiger partial charge in [0.05, 0.1) is 12.0 Å². The summed E-state index contributed by atoms with van der Waals surface area (Å²) in [6.07, 6.45) is -4.63. The number of nitrogens with one attached hydrogen (secondary N) is 1. The Morgan fingerprint density at radius 2 is 1.83 bits per heavy atom. The molecule has 1 aromatic carbocycles. The standard InChI is InChI=1S/C15H17ClF5NOS/c1-14(2,3)24(23)22-13(8-6-9(8)15(19,20)21)7-4-5-10(17)11(16)12(7)18/h4-5,8-9,13,22H,6H2,1-3H3/t8-,9-,13-,24-/m1/s1. The van der Waals surface area contributed by atoms with Gasteiger partial charge in [-0.25, -0.2) is 8.78 Å². The highest BCUT2D eigenvalue weighted by Gasteiger charge is 2.60. The number of benzene rings is 1. The maximum atomic E-state index is 14.3. The molecule has 2 rings (SSSR count). The van der Waals surface area contributed by atoms with Gasteiger partial charge in [-0.2, -0.15) is 13.2 Å². The summed E-state index contributed by atoms with van der Waals surface area (Å²) in [4.78, 5) is 0.